The lowest BCUT2D eigenvalue weighted by Crippen LogP contribution is -2.43. The third-order valence-electron chi connectivity index (χ3n) is 4.97. The Morgan fingerprint density at radius 1 is 1.19 bits per heavy atom. The highest BCUT2D eigenvalue weighted by atomic mass is 32.2. The third kappa shape index (κ3) is 4.11. The Balaban J connectivity index is 1.71. The lowest BCUT2D eigenvalue weighted by Gasteiger charge is -2.34. The van der Waals surface area contributed by atoms with Crippen LogP contribution in [0.5, 0.6) is 0 Å². The second-order valence-electron chi connectivity index (χ2n) is 7.40. The smallest absolute Gasteiger partial charge is 0.233 e. The van der Waals surface area contributed by atoms with Crippen molar-refractivity contribution in [2.75, 3.05) is 18.8 Å². The quantitative estimate of drug-likeness (QED) is 0.748. The number of hydrogen-bond acceptors (Lipinski definition) is 4. The molecule has 0 N–H and O–H groups in total. The van der Waals surface area contributed by atoms with Gasteiger partial charge in [-0.15, -0.1) is 10.2 Å². The van der Waals surface area contributed by atoms with Crippen LogP contribution in [-0.2, 0) is 11.3 Å². The zero-order valence-corrected chi connectivity index (χ0v) is 16.9. The van der Waals surface area contributed by atoms with Crippen molar-refractivity contribution in [3.63, 3.8) is 0 Å². The van der Waals surface area contributed by atoms with E-state index in [0.717, 1.165) is 36.2 Å². The van der Waals surface area contributed by atoms with Gasteiger partial charge in [-0.3, -0.25) is 4.79 Å². The second-order valence-corrected chi connectivity index (χ2v) is 8.34. The average Bonchev–Trinajstić information content (AvgIpc) is 3.01. The van der Waals surface area contributed by atoms with Gasteiger partial charge in [0.15, 0.2) is 11.0 Å². The van der Waals surface area contributed by atoms with Crippen LogP contribution in [0.3, 0.4) is 0 Å². The van der Waals surface area contributed by atoms with E-state index >= 15 is 0 Å². The molecular formula is C20H28N4OS. The summed E-state index contributed by atoms with van der Waals surface area (Å²) < 4.78 is 2.10. The maximum absolute atomic E-state index is 12.6. The van der Waals surface area contributed by atoms with E-state index in [-0.39, 0.29) is 5.91 Å². The first-order valence-corrected chi connectivity index (χ1v) is 10.4. The fourth-order valence-corrected chi connectivity index (χ4v) is 4.69. The molecule has 1 fully saturated rings. The van der Waals surface area contributed by atoms with Crippen LogP contribution in [0.25, 0.3) is 11.4 Å². The van der Waals surface area contributed by atoms with E-state index in [1.54, 1.807) is 0 Å². The minimum Gasteiger partial charge on any atom is -0.341 e. The van der Waals surface area contributed by atoms with Crippen molar-refractivity contribution >= 4 is 17.7 Å². The van der Waals surface area contributed by atoms with Crippen LogP contribution in [-0.4, -0.2) is 44.4 Å². The predicted molar refractivity (Wildman–Crippen MR) is 106 cm³/mol. The number of benzene rings is 1. The number of aromatic nitrogens is 3. The van der Waals surface area contributed by atoms with Crippen LogP contribution >= 0.6 is 11.8 Å². The first-order chi connectivity index (χ1) is 12.5. The number of hydrogen-bond donors (Lipinski definition) is 0. The molecule has 6 heteroatoms. The Kier molecular flexibility index (Phi) is 6.01. The molecule has 2 heterocycles. The van der Waals surface area contributed by atoms with Crippen LogP contribution in [0.15, 0.2) is 29.4 Å². The first kappa shape index (κ1) is 19.0. The molecular weight excluding hydrogens is 344 g/mol. The van der Waals surface area contributed by atoms with E-state index in [0.29, 0.717) is 17.6 Å². The van der Waals surface area contributed by atoms with Crippen molar-refractivity contribution in [3.05, 3.63) is 29.8 Å². The number of amides is 1. The first-order valence-electron chi connectivity index (χ1n) is 9.39. The number of aryl methyl sites for hydroxylation is 1. The lowest BCUT2D eigenvalue weighted by atomic mass is 9.92. The van der Waals surface area contributed by atoms with Crippen LogP contribution in [0, 0.1) is 18.8 Å². The van der Waals surface area contributed by atoms with Gasteiger partial charge in [0.05, 0.1) is 5.75 Å². The molecule has 1 saturated heterocycles. The van der Waals surface area contributed by atoms with Crippen LogP contribution in [0.1, 0.15) is 32.8 Å². The summed E-state index contributed by atoms with van der Waals surface area (Å²) in [5, 5.41) is 9.57. The van der Waals surface area contributed by atoms with Crippen molar-refractivity contribution in [1.82, 2.24) is 19.7 Å². The topological polar surface area (TPSA) is 51.0 Å². The number of likely N-dealkylation sites (tertiary alicyclic amines) is 1. The molecule has 0 saturated carbocycles. The minimum atomic E-state index is 0.205. The number of thioether (sulfide) groups is 1. The van der Waals surface area contributed by atoms with Crippen molar-refractivity contribution in [1.29, 1.82) is 0 Å². The van der Waals surface area contributed by atoms with E-state index in [1.165, 1.54) is 23.7 Å². The molecule has 140 valence electrons. The normalized spacial score (nSPS) is 20.4. The van der Waals surface area contributed by atoms with Gasteiger partial charge in [0.25, 0.3) is 0 Å². The molecule has 0 spiro atoms. The van der Waals surface area contributed by atoms with E-state index in [2.05, 4.69) is 54.6 Å². The number of piperidine rings is 1. The zero-order valence-electron chi connectivity index (χ0n) is 16.1. The summed E-state index contributed by atoms with van der Waals surface area (Å²) in [6.45, 7) is 11.2. The minimum absolute atomic E-state index is 0.205. The summed E-state index contributed by atoms with van der Waals surface area (Å²) in [6.07, 6.45) is 1.21. The standard InChI is InChI=1S/C20H28N4OS/c1-5-24-19(17-9-7-6-8-16(17)4)21-22-20(24)26-13-18(25)23-11-14(2)10-15(3)12-23/h6-9,14-15H,5,10-13H2,1-4H3/t14-,15+. The fraction of sp³-hybridized carbons (Fsp3) is 0.550. The van der Waals surface area contributed by atoms with Crippen molar-refractivity contribution < 1.29 is 4.79 Å². The number of nitrogens with zero attached hydrogens (tertiary/aromatic N) is 4. The highest BCUT2D eigenvalue weighted by Gasteiger charge is 2.26. The number of carbonyl (C=O) groups is 1. The van der Waals surface area contributed by atoms with Gasteiger partial charge in [-0.05, 0) is 37.7 Å². The Bertz CT molecular complexity index is 763. The Morgan fingerprint density at radius 3 is 2.54 bits per heavy atom. The highest BCUT2D eigenvalue weighted by molar-refractivity contribution is 7.99. The van der Waals surface area contributed by atoms with E-state index in [4.69, 9.17) is 0 Å². The SMILES string of the molecule is CCn1c(SCC(=O)N2C[C@H](C)C[C@H](C)C2)nnc1-c1ccccc1C. The Morgan fingerprint density at radius 2 is 1.88 bits per heavy atom. The monoisotopic (exact) mass is 372 g/mol. The van der Waals surface area contributed by atoms with Gasteiger partial charge >= 0.3 is 0 Å². The zero-order chi connectivity index (χ0) is 18.7. The number of rotatable bonds is 5. The molecule has 1 aromatic carbocycles. The Labute approximate surface area is 160 Å². The van der Waals surface area contributed by atoms with Crippen molar-refractivity contribution in [2.45, 2.75) is 45.8 Å². The van der Waals surface area contributed by atoms with Gasteiger partial charge in [-0.1, -0.05) is 49.9 Å². The molecule has 0 unspecified atom stereocenters. The van der Waals surface area contributed by atoms with Crippen LogP contribution in [0.4, 0.5) is 0 Å². The van der Waals surface area contributed by atoms with Crippen LogP contribution in [0.2, 0.25) is 0 Å². The molecule has 2 atom stereocenters. The van der Waals surface area contributed by atoms with E-state index < -0.39 is 0 Å². The molecule has 0 aliphatic carbocycles. The maximum atomic E-state index is 12.6. The highest BCUT2D eigenvalue weighted by Crippen LogP contribution is 2.27. The summed E-state index contributed by atoms with van der Waals surface area (Å²) in [7, 11) is 0. The van der Waals surface area contributed by atoms with Gasteiger partial charge in [-0.2, -0.15) is 0 Å². The Hall–Kier alpha value is -1.82. The third-order valence-corrected chi connectivity index (χ3v) is 5.92. The second kappa shape index (κ2) is 8.25. The largest absolute Gasteiger partial charge is 0.341 e. The molecule has 0 radical (unpaired) electrons. The summed E-state index contributed by atoms with van der Waals surface area (Å²) in [5.74, 6) is 2.67. The van der Waals surface area contributed by atoms with Gasteiger partial charge in [0, 0.05) is 25.2 Å². The lowest BCUT2D eigenvalue weighted by molar-refractivity contribution is -0.130. The van der Waals surface area contributed by atoms with E-state index in [1.807, 2.05) is 17.0 Å². The van der Waals surface area contributed by atoms with E-state index in [9.17, 15) is 4.79 Å². The van der Waals surface area contributed by atoms with Gasteiger partial charge in [0.2, 0.25) is 5.91 Å². The summed E-state index contributed by atoms with van der Waals surface area (Å²) in [5.41, 5.74) is 2.28. The maximum Gasteiger partial charge on any atom is 0.233 e. The molecule has 26 heavy (non-hydrogen) atoms. The molecule has 2 aromatic rings. The molecule has 1 aliphatic rings. The van der Waals surface area contributed by atoms with Crippen molar-refractivity contribution in [2.24, 2.45) is 11.8 Å². The molecule has 0 bridgehead atoms. The molecule has 1 amide bonds. The van der Waals surface area contributed by atoms with Gasteiger partial charge < -0.3 is 9.47 Å². The van der Waals surface area contributed by atoms with Crippen LogP contribution < -0.4 is 0 Å². The molecule has 5 nitrogen and oxygen atoms in total. The average molecular weight is 373 g/mol. The molecule has 3 rings (SSSR count). The van der Waals surface area contributed by atoms with Gasteiger partial charge in [-0.25, -0.2) is 0 Å². The summed E-state index contributed by atoms with van der Waals surface area (Å²) in [4.78, 5) is 14.7. The molecule has 1 aliphatic heterocycles. The molecule has 1 aromatic heterocycles. The van der Waals surface area contributed by atoms with Gasteiger partial charge in [0.1, 0.15) is 0 Å². The fourth-order valence-electron chi connectivity index (χ4n) is 3.79. The summed E-state index contributed by atoms with van der Waals surface area (Å²) in [6, 6.07) is 8.20. The predicted octanol–water partition coefficient (Wildman–Crippen LogP) is 3.87. The van der Waals surface area contributed by atoms with Crippen molar-refractivity contribution in [3.8, 4) is 11.4 Å². The number of carbonyl (C=O) groups excluding carboxylic acids is 1. The summed E-state index contributed by atoms with van der Waals surface area (Å²) >= 11 is 1.50.